The average molecular weight is 355 g/mol. The van der Waals surface area contributed by atoms with Gasteiger partial charge in [-0.3, -0.25) is 4.79 Å². The number of aliphatic carboxylic acids is 1. The fourth-order valence-corrected chi connectivity index (χ4v) is 6.66. The average Bonchev–Trinajstić information content (AvgIpc) is 3.20. The van der Waals surface area contributed by atoms with Gasteiger partial charge >= 0.3 is 5.97 Å². The van der Waals surface area contributed by atoms with Gasteiger partial charge in [0.05, 0.1) is 6.61 Å². The summed E-state index contributed by atoms with van der Waals surface area (Å²) in [5.74, 6) is -2.04. The molecule has 138 valence electrons. The van der Waals surface area contributed by atoms with Crippen LogP contribution in [0, 0.1) is 17.8 Å². The largest absolute Gasteiger partial charge is 0.480 e. The van der Waals surface area contributed by atoms with Crippen molar-refractivity contribution in [2.45, 2.75) is 49.7 Å². The standard InChI is InChI=1S/C21H25NO4/c1-3-5-14-12(4-2)17-16-11-6-8-13(16)21(25)15(9-7-11)20(10-26-21,19(23)24)18(17)22-14/h3-5,11,13,15-16,22,25H,1,6-10H2,2H3,(H,23,24)/b12-4+,14-5+. The summed E-state index contributed by atoms with van der Waals surface area (Å²) in [4.78, 5) is 16.0. The molecule has 6 atom stereocenters. The van der Waals surface area contributed by atoms with Gasteiger partial charge in [-0.05, 0) is 61.3 Å². The molecule has 2 heterocycles. The molecule has 1 saturated heterocycles. The number of H-pyrrole nitrogens is 1. The van der Waals surface area contributed by atoms with E-state index in [2.05, 4.69) is 17.6 Å². The number of aliphatic hydroxyl groups is 1. The Morgan fingerprint density at radius 2 is 2.12 bits per heavy atom. The molecule has 3 fully saturated rings. The van der Waals surface area contributed by atoms with Crippen molar-refractivity contribution in [3.63, 3.8) is 0 Å². The van der Waals surface area contributed by atoms with Crippen molar-refractivity contribution in [1.29, 1.82) is 0 Å². The molecule has 5 nitrogen and oxygen atoms in total. The van der Waals surface area contributed by atoms with Gasteiger partial charge in [-0.1, -0.05) is 18.7 Å². The second-order valence-corrected chi connectivity index (χ2v) is 8.35. The molecule has 26 heavy (non-hydrogen) atoms. The summed E-state index contributed by atoms with van der Waals surface area (Å²) < 4.78 is 5.97. The number of aromatic amines is 1. The summed E-state index contributed by atoms with van der Waals surface area (Å²) in [5.41, 5.74) is 0.662. The highest BCUT2D eigenvalue weighted by molar-refractivity contribution is 5.83. The second-order valence-electron chi connectivity index (χ2n) is 8.35. The number of fused-ring (bicyclic) bond motifs is 2. The minimum atomic E-state index is -1.33. The molecule has 0 amide bonds. The van der Waals surface area contributed by atoms with E-state index in [9.17, 15) is 15.0 Å². The van der Waals surface area contributed by atoms with Crippen LogP contribution in [0.25, 0.3) is 12.2 Å². The predicted octanol–water partition coefficient (Wildman–Crippen LogP) is 1.36. The van der Waals surface area contributed by atoms with Crippen LogP contribution in [0.15, 0.2) is 12.7 Å². The van der Waals surface area contributed by atoms with Gasteiger partial charge in [-0.25, -0.2) is 0 Å². The molecule has 5 rings (SSSR count). The Morgan fingerprint density at radius 3 is 2.81 bits per heavy atom. The smallest absolute Gasteiger partial charge is 0.318 e. The number of allylic oxidation sites excluding steroid dienone is 1. The van der Waals surface area contributed by atoms with Gasteiger partial charge in [0.25, 0.3) is 0 Å². The van der Waals surface area contributed by atoms with Crippen LogP contribution < -0.4 is 10.6 Å². The molecule has 3 N–H and O–H groups in total. The van der Waals surface area contributed by atoms with Gasteiger partial charge in [0.15, 0.2) is 5.79 Å². The highest BCUT2D eigenvalue weighted by atomic mass is 16.6. The van der Waals surface area contributed by atoms with Crippen molar-refractivity contribution < 1.29 is 19.7 Å². The van der Waals surface area contributed by atoms with Crippen LogP contribution in [0.1, 0.15) is 49.8 Å². The van der Waals surface area contributed by atoms with Gasteiger partial charge in [-0.15, -0.1) is 0 Å². The fourth-order valence-electron chi connectivity index (χ4n) is 6.66. The summed E-state index contributed by atoms with van der Waals surface area (Å²) in [7, 11) is 0. The lowest BCUT2D eigenvalue weighted by Gasteiger charge is -2.36. The fraction of sp³-hybridized carbons (Fsp3) is 0.571. The van der Waals surface area contributed by atoms with Crippen molar-refractivity contribution in [2.24, 2.45) is 17.8 Å². The Labute approximate surface area is 152 Å². The Bertz CT molecular complexity index is 931. The van der Waals surface area contributed by atoms with Crippen LogP contribution in [0.3, 0.4) is 0 Å². The number of carboxylic acids is 1. The molecular weight excluding hydrogens is 330 g/mol. The van der Waals surface area contributed by atoms with E-state index >= 15 is 0 Å². The van der Waals surface area contributed by atoms with Crippen molar-refractivity contribution in [3.05, 3.63) is 34.5 Å². The summed E-state index contributed by atoms with van der Waals surface area (Å²) >= 11 is 0. The number of rotatable bonds is 2. The zero-order valence-corrected chi connectivity index (χ0v) is 15.0. The van der Waals surface area contributed by atoms with Gasteiger partial charge in [0.2, 0.25) is 0 Å². The summed E-state index contributed by atoms with van der Waals surface area (Å²) in [6.07, 6.45) is 9.33. The number of carbonyl (C=O) groups is 1. The van der Waals surface area contributed by atoms with E-state index < -0.39 is 23.1 Å². The maximum Gasteiger partial charge on any atom is 0.318 e. The maximum atomic E-state index is 12.6. The third-order valence-electron chi connectivity index (χ3n) is 7.62. The Kier molecular flexibility index (Phi) is 3.21. The quantitative estimate of drug-likeness (QED) is 0.748. The molecule has 3 aliphatic carbocycles. The molecule has 0 spiro atoms. The molecule has 2 saturated carbocycles. The number of nitrogens with one attached hydrogen (secondary N) is 1. The lowest BCUT2D eigenvalue weighted by atomic mass is 9.67. The van der Waals surface area contributed by atoms with Crippen LogP contribution in [0.2, 0.25) is 0 Å². The Morgan fingerprint density at radius 1 is 1.35 bits per heavy atom. The summed E-state index contributed by atoms with van der Waals surface area (Å²) in [6.45, 7) is 5.83. The molecule has 6 bridgehead atoms. The zero-order valence-electron chi connectivity index (χ0n) is 15.0. The summed E-state index contributed by atoms with van der Waals surface area (Å²) in [6, 6.07) is 0. The first-order chi connectivity index (χ1) is 12.5. The number of aromatic nitrogens is 1. The third-order valence-corrected chi connectivity index (χ3v) is 7.62. The lowest BCUT2D eigenvalue weighted by Crippen LogP contribution is -2.50. The topological polar surface area (TPSA) is 82.5 Å². The number of ether oxygens (including phenoxy) is 1. The molecule has 0 aromatic carbocycles. The molecule has 4 aliphatic rings. The van der Waals surface area contributed by atoms with Gasteiger partial charge in [0, 0.05) is 22.9 Å². The van der Waals surface area contributed by atoms with Crippen LogP contribution in [-0.4, -0.2) is 33.6 Å². The SMILES string of the molecule is C=C/C=c1/[nH]c2c(/c1=C/C)C1C3CCC1C1(O)OCC2(C(=O)O)C1CC3. The van der Waals surface area contributed by atoms with Crippen LogP contribution in [0.5, 0.6) is 0 Å². The minimum absolute atomic E-state index is 0.0293. The van der Waals surface area contributed by atoms with Crippen LogP contribution in [0.4, 0.5) is 0 Å². The third kappa shape index (κ3) is 1.62. The van der Waals surface area contributed by atoms with E-state index in [0.29, 0.717) is 12.3 Å². The minimum Gasteiger partial charge on any atom is -0.480 e. The van der Waals surface area contributed by atoms with E-state index in [4.69, 9.17) is 4.74 Å². The number of hydrogen-bond acceptors (Lipinski definition) is 3. The first-order valence-corrected chi connectivity index (χ1v) is 9.60. The lowest BCUT2D eigenvalue weighted by molar-refractivity contribution is -0.231. The van der Waals surface area contributed by atoms with E-state index in [1.54, 1.807) is 6.08 Å². The number of carboxylic acid groups (broad SMARTS) is 1. The molecule has 1 aliphatic heterocycles. The van der Waals surface area contributed by atoms with Gasteiger partial charge in [0.1, 0.15) is 5.41 Å². The van der Waals surface area contributed by atoms with Crippen molar-refractivity contribution in [1.82, 2.24) is 4.98 Å². The molecule has 1 aromatic rings. The first-order valence-electron chi connectivity index (χ1n) is 9.60. The maximum absolute atomic E-state index is 12.6. The van der Waals surface area contributed by atoms with Crippen LogP contribution >= 0.6 is 0 Å². The predicted molar refractivity (Wildman–Crippen MR) is 96.7 cm³/mol. The number of hydrogen-bond donors (Lipinski definition) is 3. The van der Waals surface area contributed by atoms with E-state index in [1.807, 2.05) is 13.0 Å². The molecule has 6 unspecified atom stereocenters. The summed E-state index contributed by atoms with van der Waals surface area (Å²) in [5, 5.41) is 23.9. The zero-order chi connectivity index (χ0) is 18.3. The Hall–Kier alpha value is -1.85. The van der Waals surface area contributed by atoms with Crippen molar-refractivity contribution in [2.75, 3.05) is 6.61 Å². The van der Waals surface area contributed by atoms with E-state index in [-0.39, 0.29) is 18.4 Å². The van der Waals surface area contributed by atoms with Crippen LogP contribution in [-0.2, 0) is 14.9 Å². The molecule has 0 radical (unpaired) electrons. The first kappa shape index (κ1) is 16.3. The van der Waals surface area contributed by atoms with Gasteiger partial charge < -0.3 is 19.9 Å². The monoisotopic (exact) mass is 355 g/mol. The van der Waals surface area contributed by atoms with Gasteiger partial charge in [-0.2, -0.15) is 0 Å². The highest BCUT2D eigenvalue weighted by Gasteiger charge is 2.72. The molecule has 5 heteroatoms. The van der Waals surface area contributed by atoms with E-state index in [0.717, 1.165) is 41.1 Å². The molecular formula is C21H25NO4. The normalized spacial score (nSPS) is 44.1. The highest BCUT2D eigenvalue weighted by Crippen LogP contribution is 2.65. The van der Waals surface area contributed by atoms with E-state index in [1.165, 1.54) is 0 Å². The van der Waals surface area contributed by atoms with Crippen molar-refractivity contribution in [3.8, 4) is 0 Å². The molecule has 1 aromatic heterocycles. The van der Waals surface area contributed by atoms with Crippen molar-refractivity contribution >= 4 is 18.1 Å². The Balaban J connectivity index is 1.95. The second kappa shape index (κ2) is 5.11.